The molecule has 5 heteroatoms. The van der Waals surface area contributed by atoms with Crippen LogP contribution in [0.15, 0.2) is 41.1 Å². The van der Waals surface area contributed by atoms with E-state index >= 15 is 0 Å². The molecule has 0 aliphatic rings. The number of benzene rings is 1. The fourth-order valence-corrected chi connectivity index (χ4v) is 2.19. The molecule has 110 valence electrons. The third-order valence-electron chi connectivity index (χ3n) is 2.86. The summed E-state index contributed by atoms with van der Waals surface area (Å²) in [4.78, 5) is 16.6. The van der Waals surface area contributed by atoms with Gasteiger partial charge in [-0.3, -0.25) is 9.78 Å². The van der Waals surface area contributed by atoms with Crippen molar-refractivity contribution in [1.82, 2.24) is 4.98 Å². The second kappa shape index (κ2) is 7.22. The van der Waals surface area contributed by atoms with Crippen LogP contribution in [0.25, 0.3) is 0 Å². The zero-order valence-electron chi connectivity index (χ0n) is 11.9. The molecule has 0 atom stereocenters. The molecule has 1 heterocycles. The molecule has 0 N–H and O–H groups in total. The Morgan fingerprint density at radius 3 is 2.81 bits per heavy atom. The summed E-state index contributed by atoms with van der Waals surface area (Å²) >= 11 is 3.36. The summed E-state index contributed by atoms with van der Waals surface area (Å²) in [5.74, 6) is 0.974. The Morgan fingerprint density at radius 1 is 1.29 bits per heavy atom. The van der Waals surface area contributed by atoms with Crippen molar-refractivity contribution in [1.29, 1.82) is 0 Å². The molecule has 0 fully saturated rings. The maximum absolute atomic E-state index is 12.6. The number of aromatic nitrogens is 1. The Bertz CT molecular complexity index is 643. The molecular weight excluding hydrogens is 334 g/mol. The fraction of sp³-hybridized carbons (Fsp3) is 0.250. The zero-order chi connectivity index (χ0) is 15.2. The van der Waals surface area contributed by atoms with Crippen LogP contribution in [-0.4, -0.2) is 24.5 Å². The molecule has 4 nitrogen and oxygen atoms in total. The first kappa shape index (κ1) is 15.5. The summed E-state index contributed by atoms with van der Waals surface area (Å²) in [5.41, 5.74) is 0.972. The van der Waals surface area contributed by atoms with Gasteiger partial charge in [0.05, 0.1) is 25.5 Å². The van der Waals surface area contributed by atoms with Crippen LogP contribution < -0.4 is 9.47 Å². The van der Waals surface area contributed by atoms with Gasteiger partial charge in [-0.1, -0.05) is 22.9 Å². The van der Waals surface area contributed by atoms with E-state index < -0.39 is 0 Å². The minimum absolute atomic E-state index is 0.145. The summed E-state index contributed by atoms with van der Waals surface area (Å²) in [7, 11) is 1.54. The predicted octanol–water partition coefficient (Wildman–Crippen LogP) is 3.87. The number of halogens is 1. The van der Waals surface area contributed by atoms with Crippen LogP contribution >= 0.6 is 15.9 Å². The number of rotatable bonds is 6. The molecule has 0 amide bonds. The number of carbonyl (C=O) groups is 1. The summed E-state index contributed by atoms with van der Waals surface area (Å²) in [5, 5.41) is 0. The first-order valence-electron chi connectivity index (χ1n) is 6.61. The molecule has 2 aromatic rings. The smallest absolute Gasteiger partial charge is 0.198 e. The predicted molar refractivity (Wildman–Crippen MR) is 84.1 cm³/mol. The number of hydrogen-bond donors (Lipinski definition) is 0. The highest BCUT2D eigenvalue weighted by atomic mass is 79.9. The van der Waals surface area contributed by atoms with Gasteiger partial charge in [-0.15, -0.1) is 0 Å². The van der Waals surface area contributed by atoms with Gasteiger partial charge >= 0.3 is 0 Å². The number of carbonyl (C=O) groups excluding carboxylic acids is 1. The lowest BCUT2D eigenvalue weighted by Crippen LogP contribution is -2.05. The van der Waals surface area contributed by atoms with Gasteiger partial charge in [-0.25, -0.2) is 0 Å². The van der Waals surface area contributed by atoms with Crippen molar-refractivity contribution in [3.05, 3.63) is 52.3 Å². The Morgan fingerprint density at radius 2 is 2.10 bits per heavy atom. The second-order valence-corrected chi connectivity index (χ2v) is 5.35. The maximum atomic E-state index is 12.6. The second-order valence-electron chi connectivity index (χ2n) is 4.43. The van der Waals surface area contributed by atoms with Crippen LogP contribution in [0.1, 0.15) is 29.3 Å². The monoisotopic (exact) mass is 349 g/mol. The molecule has 0 saturated carbocycles. The molecule has 0 saturated heterocycles. The van der Waals surface area contributed by atoms with Crippen LogP contribution in [0.5, 0.6) is 11.5 Å². The van der Waals surface area contributed by atoms with E-state index in [1.807, 2.05) is 6.92 Å². The third kappa shape index (κ3) is 3.82. The summed E-state index contributed by atoms with van der Waals surface area (Å²) < 4.78 is 11.6. The Balaban J connectivity index is 2.31. The minimum Gasteiger partial charge on any atom is -0.496 e. The van der Waals surface area contributed by atoms with Crippen molar-refractivity contribution < 1.29 is 14.3 Å². The molecule has 0 unspecified atom stereocenters. The molecule has 1 aromatic heterocycles. The number of methoxy groups -OCH3 is 1. The Labute approximate surface area is 132 Å². The largest absolute Gasteiger partial charge is 0.496 e. The number of pyridine rings is 1. The van der Waals surface area contributed by atoms with E-state index in [0.29, 0.717) is 29.2 Å². The van der Waals surface area contributed by atoms with Gasteiger partial charge in [0, 0.05) is 16.2 Å². The molecule has 0 aliphatic heterocycles. The van der Waals surface area contributed by atoms with E-state index in [1.165, 1.54) is 13.3 Å². The van der Waals surface area contributed by atoms with E-state index in [9.17, 15) is 4.79 Å². The maximum Gasteiger partial charge on any atom is 0.198 e. The number of nitrogens with zero attached hydrogens (tertiary/aromatic N) is 1. The molecule has 1 aromatic carbocycles. The van der Waals surface area contributed by atoms with Crippen molar-refractivity contribution in [3.63, 3.8) is 0 Å². The van der Waals surface area contributed by atoms with E-state index in [2.05, 4.69) is 20.9 Å². The summed E-state index contributed by atoms with van der Waals surface area (Å²) in [6.07, 6.45) is 4.03. The topological polar surface area (TPSA) is 48.4 Å². The van der Waals surface area contributed by atoms with Crippen LogP contribution in [0.2, 0.25) is 0 Å². The van der Waals surface area contributed by atoms with Gasteiger partial charge in [0.25, 0.3) is 0 Å². The van der Waals surface area contributed by atoms with Gasteiger partial charge in [0.1, 0.15) is 11.5 Å². The third-order valence-corrected chi connectivity index (χ3v) is 3.35. The number of ketones is 1. The van der Waals surface area contributed by atoms with Gasteiger partial charge < -0.3 is 9.47 Å². The van der Waals surface area contributed by atoms with Crippen LogP contribution in [-0.2, 0) is 0 Å². The minimum atomic E-state index is -0.145. The summed E-state index contributed by atoms with van der Waals surface area (Å²) in [6.45, 7) is 2.62. The molecule has 0 bridgehead atoms. The van der Waals surface area contributed by atoms with Crippen LogP contribution in [0.3, 0.4) is 0 Å². The van der Waals surface area contributed by atoms with E-state index in [1.54, 1.807) is 30.5 Å². The van der Waals surface area contributed by atoms with E-state index in [4.69, 9.17) is 9.47 Å². The normalized spacial score (nSPS) is 10.2. The van der Waals surface area contributed by atoms with Crippen LogP contribution in [0.4, 0.5) is 0 Å². The van der Waals surface area contributed by atoms with Gasteiger partial charge in [0.15, 0.2) is 5.78 Å². The molecule has 0 radical (unpaired) electrons. The molecule has 0 spiro atoms. The van der Waals surface area contributed by atoms with Gasteiger partial charge in [-0.2, -0.15) is 0 Å². The van der Waals surface area contributed by atoms with Crippen molar-refractivity contribution >= 4 is 21.7 Å². The van der Waals surface area contributed by atoms with Crippen molar-refractivity contribution in [2.45, 2.75) is 13.3 Å². The average molecular weight is 350 g/mol. The quantitative estimate of drug-likeness (QED) is 0.742. The lowest BCUT2D eigenvalue weighted by molar-refractivity contribution is 0.103. The fourth-order valence-electron chi connectivity index (χ4n) is 1.85. The first-order valence-corrected chi connectivity index (χ1v) is 7.41. The van der Waals surface area contributed by atoms with Crippen LogP contribution in [0, 0.1) is 0 Å². The number of ether oxygens (including phenoxy) is 2. The Hall–Kier alpha value is -1.88. The van der Waals surface area contributed by atoms with E-state index in [-0.39, 0.29) is 5.78 Å². The lowest BCUT2D eigenvalue weighted by Gasteiger charge is -2.09. The molecule has 2 rings (SSSR count). The first-order chi connectivity index (χ1) is 10.2. The average Bonchev–Trinajstić information content (AvgIpc) is 2.52. The van der Waals surface area contributed by atoms with E-state index in [0.717, 1.165) is 10.9 Å². The lowest BCUT2D eigenvalue weighted by atomic mass is 10.0. The van der Waals surface area contributed by atoms with Gasteiger partial charge in [-0.05, 0) is 30.7 Å². The van der Waals surface area contributed by atoms with Gasteiger partial charge in [0.2, 0.25) is 0 Å². The molecule has 0 aliphatic carbocycles. The Kier molecular flexibility index (Phi) is 5.33. The van der Waals surface area contributed by atoms with Crippen molar-refractivity contribution in [2.24, 2.45) is 0 Å². The van der Waals surface area contributed by atoms with Crippen molar-refractivity contribution in [3.8, 4) is 11.5 Å². The number of hydrogen-bond acceptors (Lipinski definition) is 4. The molecule has 21 heavy (non-hydrogen) atoms. The highest BCUT2D eigenvalue weighted by Crippen LogP contribution is 2.26. The highest BCUT2D eigenvalue weighted by Gasteiger charge is 2.15. The zero-order valence-corrected chi connectivity index (χ0v) is 13.5. The highest BCUT2D eigenvalue weighted by molar-refractivity contribution is 9.10. The SMILES string of the molecule is CCCOc1cncc(C(=O)c2ccc(Br)cc2OC)c1. The summed E-state index contributed by atoms with van der Waals surface area (Å²) in [6, 6.07) is 7.00. The van der Waals surface area contributed by atoms with Crippen molar-refractivity contribution in [2.75, 3.05) is 13.7 Å². The standard InChI is InChI=1S/C16H16BrNO3/c1-3-6-21-13-7-11(9-18-10-13)16(19)14-5-4-12(17)8-15(14)20-2/h4-5,7-10H,3,6H2,1-2H3. The molecular formula is C16H16BrNO3.